The van der Waals surface area contributed by atoms with Crippen molar-refractivity contribution >= 4 is 22.5 Å². The van der Waals surface area contributed by atoms with Crippen molar-refractivity contribution in [1.29, 1.82) is 0 Å². The van der Waals surface area contributed by atoms with E-state index in [1.807, 2.05) is 42.5 Å². The first kappa shape index (κ1) is 33.2. The van der Waals surface area contributed by atoms with Crippen LogP contribution in [-0.4, -0.2) is 48.8 Å². The van der Waals surface area contributed by atoms with Gasteiger partial charge in [0.15, 0.2) is 11.5 Å². The zero-order chi connectivity index (χ0) is 29.5. The van der Waals surface area contributed by atoms with Crippen LogP contribution in [0.3, 0.4) is 0 Å². The van der Waals surface area contributed by atoms with Gasteiger partial charge in [-0.15, -0.1) is 0 Å². The van der Waals surface area contributed by atoms with Crippen LogP contribution in [0.1, 0.15) is 103 Å². The summed E-state index contributed by atoms with van der Waals surface area (Å²) in [5.41, 5.74) is 3.37. The Morgan fingerprint density at radius 2 is 1.37 bits per heavy atom. The highest BCUT2D eigenvalue weighted by Gasteiger charge is 2.19. The quantitative estimate of drug-likeness (QED) is 0.134. The summed E-state index contributed by atoms with van der Waals surface area (Å²) >= 11 is 6.42. The lowest BCUT2D eigenvalue weighted by Gasteiger charge is -2.26. The van der Waals surface area contributed by atoms with E-state index in [0.717, 1.165) is 40.8 Å². The summed E-state index contributed by atoms with van der Waals surface area (Å²) in [6.45, 7) is 7.15. The third-order valence-electron chi connectivity index (χ3n) is 7.93. The van der Waals surface area contributed by atoms with E-state index in [0.29, 0.717) is 23.1 Å². The van der Waals surface area contributed by atoms with E-state index in [9.17, 15) is 5.11 Å². The Labute approximate surface area is 253 Å². The number of fused-ring (bicyclic) bond motifs is 1. The lowest BCUT2D eigenvalue weighted by Crippen LogP contribution is -2.31. The van der Waals surface area contributed by atoms with Crippen molar-refractivity contribution in [1.82, 2.24) is 9.88 Å². The maximum atomic E-state index is 11.7. The van der Waals surface area contributed by atoms with E-state index >= 15 is 0 Å². The number of rotatable bonds is 20. The third kappa shape index (κ3) is 10.5. The van der Waals surface area contributed by atoms with Gasteiger partial charge in [-0.1, -0.05) is 89.7 Å². The number of nitrogens with zero attached hydrogens (tertiary/aromatic N) is 2. The predicted octanol–water partition coefficient (Wildman–Crippen LogP) is 9.63. The summed E-state index contributed by atoms with van der Waals surface area (Å²) in [5.74, 6) is 1.32. The number of pyridine rings is 1. The standard InChI is InChI=1S/C35H51ClN2O3/c1-5-7-9-11-13-15-21-38(22-16-14-12-10-8-6-2)26-33(39)30-25-32(37-31-19-18-28(36)24-29(30)31)27-17-20-34(40-3)35(23-27)41-4/h17-20,23-25,33,39H,5-16,21-22,26H2,1-4H3. The molecule has 1 atom stereocenters. The largest absolute Gasteiger partial charge is 0.493 e. The average Bonchev–Trinajstić information content (AvgIpc) is 2.99. The van der Waals surface area contributed by atoms with Crippen molar-refractivity contribution in [2.75, 3.05) is 33.9 Å². The van der Waals surface area contributed by atoms with Gasteiger partial charge >= 0.3 is 0 Å². The summed E-state index contributed by atoms with van der Waals surface area (Å²) in [5, 5.41) is 13.3. The van der Waals surface area contributed by atoms with Crippen molar-refractivity contribution in [2.45, 2.75) is 97.0 Å². The molecule has 0 spiro atoms. The molecule has 0 saturated heterocycles. The molecule has 0 saturated carbocycles. The van der Waals surface area contributed by atoms with Crippen molar-refractivity contribution in [3.05, 3.63) is 53.1 Å². The van der Waals surface area contributed by atoms with Crippen molar-refractivity contribution in [3.8, 4) is 22.8 Å². The maximum absolute atomic E-state index is 11.7. The lowest BCUT2D eigenvalue weighted by molar-refractivity contribution is 0.111. The van der Waals surface area contributed by atoms with E-state index in [2.05, 4.69) is 18.7 Å². The Balaban J connectivity index is 1.83. The molecule has 1 aromatic heterocycles. The monoisotopic (exact) mass is 582 g/mol. The molecular weight excluding hydrogens is 532 g/mol. The van der Waals surface area contributed by atoms with Gasteiger partial charge in [-0.05, 0) is 74.0 Å². The Hall–Kier alpha value is -2.34. The summed E-state index contributed by atoms with van der Waals surface area (Å²) in [6, 6.07) is 13.5. The van der Waals surface area contributed by atoms with Gasteiger partial charge in [-0.25, -0.2) is 4.98 Å². The first-order chi connectivity index (χ1) is 20.0. The normalized spacial score (nSPS) is 12.3. The Morgan fingerprint density at radius 3 is 1.98 bits per heavy atom. The van der Waals surface area contributed by atoms with Gasteiger partial charge in [0.1, 0.15) is 0 Å². The second-order valence-electron chi connectivity index (χ2n) is 11.2. The highest BCUT2D eigenvalue weighted by Crippen LogP contribution is 2.35. The molecule has 0 fully saturated rings. The highest BCUT2D eigenvalue weighted by atomic mass is 35.5. The number of unbranched alkanes of at least 4 members (excludes halogenated alkanes) is 10. The number of methoxy groups -OCH3 is 2. The molecule has 0 aliphatic heterocycles. The molecule has 0 bridgehead atoms. The second-order valence-corrected chi connectivity index (χ2v) is 11.6. The van der Waals surface area contributed by atoms with E-state index < -0.39 is 6.10 Å². The van der Waals surface area contributed by atoms with Crippen LogP contribution >= 0.6 is 11.6 Å². The Kier molecular flexibility index (Phi) is 14.8. The van der Waals surface area contributed by atoms with Crippen molar-refractivity contribution in [3.63, 3.8) is 0 Å². The highest BCUT2D eigenvalue weighted by molar-refractivity contribution is 6.31. The average molecular weight is 583 g/mol. The number of halogens is 1. The van der Waals surface area contributed by atoms with Crippen LogP contribution in [0.5, 0.6) is 11.5 Å². The molecule has 0 aliphatic rings. The number of ether oxygens (including phenoxy) is 2. The van der Waals surface area contributed by atoms with Crippen molar-refractivity contribution < 1.29 is 14.6 Å². The van der Waals surface area contributed by atoms with Crippen LogP contribution in [0.2, 0.25) is 5.02 Å². The van der Waals surface area contributed by atoms with Gasteiger partial charge in [0.2, 0.25) is 0 Å². The van der Waals surface area contributed by atoms with Gasteiger partial charge in [0.25, 0.3) is 0 Å². The summed E-state index contributed by atoms with van der Waals surface area (Å²) < 4.78 is 11.0. The fourth-order valence-electron chi connectivity index (χ4n) is 5.51. The zero-order valence-electron chi connectivity index (χ0n) is 25.8. The molecule has 1 N–H and O–H groups in total. The topological polar surface area (TPSA) is 54.8 Å². The molecule has 226 valence electrons. The molecule has 0 aliphatic carbocycles. The molecule has 3 rings (SSSR count). The lowest BCUT2D eigenvalue weighted by atomic mass is 9.99. The van der Waals surface area contributed by atoms with Crippen LogP contribution in [0.25, 0.3) is 22.2 Å². The Bertz CT molecular complexity index is 1170. The van der Waals surface area contributed by atoms with Crippen molar-refractivity contribution in [2.24, 2.45) is 0 Å². The molecular formula is C35H51ClN2O3. The minimum Gasteiger partial charge on any atom is -0.493 e. The number of aliphatic hydroxyl groups is 1. The van der Waals surface area contributed by atoms with Crippen LogP contribution in [0.15, 0.2) is 42.5 Å². The van der Waals surface area contributed by atoms with E-state index in [1.54, 1.807) is 14.2 Å². The minimum absolute atomic E-state index is 0.598. The molecule has 0 radical (unpaired) electrons. The van der Waals surface area contributed by atoms with Gasteiger partial charge in [-0.3, -0.25) is 0 Å². The number of hydrogen-bond acceptors (Lipinski definition) is 5. The van der Waals surface area contributed by atoms with Gasteiger partial charge in [-0.2, -0.15) is 0 Å². The predicted molar refractivity (Wildman–Crippen MR) is 173 cm³/mol. The molecule has 3 aromatic rings. The van der Waals surface area contributed by atoms with E-state index in [4.69, 9.17) is 26.1 Å². The molecule has 5 nitrogen and oxygen atoms in total. The number of aromatic nitrogens is 1. The van der Waals surface area contributed by atoms with Gasteiger partial charge in [0.05, 0.1) is 31.5 Å². The molecule has 0 amide bonds. The third-order valence-corrected chi connectivity index (χ3v) is 8.16. The van der Waals surface area contributed by atoms with Crippen LogP contribution in [0.4, 0.5) is 0 Å². The fourth-order valence-corrected chi connectivity index (χ4v) is 5.68. The van der Waals surface area contributed by atoms with E-state index in [-0.39, 0.29) is 0 Å². The molecule has 6 heteroatoms. The van der Waals surface area contributed by atoms with Gasteiger partial charge < -0.3 is 19.5 Å². The maximum Gasteiger partial charge on any atom is 0.161 e. The minimum atomic E-state index is -0.655. The second kappa shape index (κ2) is 18.3. The smallest absolute Gasteiger partial charge is 0.161 e. The van der Waals surface area contributed by atoms with Crippen LogP contribution in [-0.2, 0) is 0 Å². The SMILES string of the molecule is CCCCCCCCN(CCCCCCCC)CC(O)c1cc(-c2ccc(OC)c(OC)c2)nc2ccc(Cl)cc12. The number of hydrogen-bond donors (Lipinski definition) is 1. The van der Waals surface area contributed by atoms with E-state index in [1.165, 1.54) is 77.0 Å². The fraction of sp³-hybridized carbons (Fsp3) is 0.571. The molecule has 41 heavy (non-hydrogen) atoms. The first-order valence-electron chi connectivity index (χ1n) is 15.7. The first-order valence-corrected chi connectivity index (χ1v) is 16.1. The van der Waals surface area contributed by atoms with Gasteiger partial charge in [0, 0.05) is 22.5 Å². The number of benzene rings is 2. The molecule has 1 heterocycles. The Morgan fingerprint density at radius 1 is 0.756 bits per heavy atom. The molecule has 1 unspecified atom stereocenters. The van der Waals surface area contributed by atoms with Crippen LogP contribution < -0.4 is 9.47 Å². The molecule has 2 aromatic carbocycles. The summed E-state index contributed by atoms with van der Waals surface area (Å²) in [6.07, 6.45) is 14.6. The number of aliphatic hydroxyl groups excluding tert-OH is 1. The zero-order valence-corrected chi connectivity index (χ0v) is 26.5. The van der Waals surface area contributed by atoms with Crippen LogP contribution in [0, 0.1) is 0 Å². The summed E-state index contributed by atoms with van der Waals surface area (Å²) in [4.78, 5) is 7.40. The summed E-state index contributed by atoms with van der Waals surface area (Å²) in [7, 11) is 3.26.